The molecular formula is C20H17Cl2N3O4. The van der Waals surface area contributed by atoms with Gasteiger partial charge in [0, 0.05) is 17.1 Å². The van der Waals surface area contributed by atoms with Crippen LogP contribution in [0.4, 0.5) is 17.1 Å². The number of amides is 1. The van der Waals surface area contributed by atoms with E-state index < -0.39 is 10.9 Å². The minimum Gasteiger partial charge on any atom is -0.464 e. The molecule has 7 nitrogen and oxygen atoms in total. The maximum absolute atomic E-state index is 12.3. The van der Waals surface area contributed by atoms with Gasteiger partial charge in [0.1, 0.15) is 22.9 Å². The molecular weight excluding hydrogens is 417 g/mol. The number of fused-ring (bicyclic) bond motifs is 1. The molecule has 1 aliphatic heterocycles. The van der Waals surface area contributed by atoms with Gasteiger partial charge >= 0.3 is 0 Å². The fourth-order valence-electron chi connectivity index (χ4n) is 3.43. The summed E-state index contributed by atoms with van der Waals surface area (Å²) in [6.45, 7) is 4.03. The number of carbonyl (C=O) groups is 1. The summed E-state index contributed by atoms with van der Waals surface area (Å²) in [4.78, 5) is 36.7. The van der Waals surface area contributed by atoms with Crippen LogP contribution >= 0.6 is 23.2 Å². The largest absolute Gasteiger partial charge is 0.464 e. The molecule has 0 fully saturated rings. The van der Waals surface area contributed by atoms with Crippen LogP contribution in [0.1, 0.15) is 46.8 Å². The van der Waals surface area contributed by atoms with Crippen molar-refractivity contribution >= 4 is 46.2 Å². The highest BCUT2D eigenvalue weighted by Gasteiger charge is 2.31. The number of carbonyl (C=O) groups excluding carboxylic acids is 1. The average molecular weight is 434 g/mol. The molecule has 29 heavy (non-hydrogen) atoms. The van der Waals surface area contributed by atoms with Crippen molar-refractivity contribution in [3.63, 3.8) is 0 Å². The minimum absolute atomic E-state index is 0.0582. The summed E-state index contributed by atoms with van der Waals surface area (Å²) in [7, 11) is 0. The molecule has 9 heteroatoms. The van der Waals surface area contributed by atoms with E-state index in [1.165, 1.54) is 6.07 Å². The second-order valence-electron chi connectivity index (χ2n) is 6.84. The van der Waals surface area contributed by atoms with Crippen LogP contribution in [-0.2, 0) is 6.54 Å². The third-order valence-electron chi connectivity index (χ3n) is 4.98. The third kappa shape index (κ3) is 3.20. The monoisotopic (exact) mass is 433 g/mol. The first-order valence-corrected chi connectivity index (χ1v) is 9.79. The van der Waals surface area contributed by atoms with E-state index in [1.54, 1.807) is 0 Å². The molecule has 3 N–H and O–H groups in total. The SMILES string of the molecule is CC[C@@H](Nc1c(Nc2c(Cl)cc(Cl)c3c2C(=O)NC3)c(=O)c1=O)c1ccc(C)o1. The molecule has 2 aromatic carbocycles. The molecule has 0 spiro atoms. The van der Waals surface area contributed by atoms with Crippen molar-refractivity contribution in [2.24, 2.45) is 0 Å². The van der Waals surface area contributed by atoms with Gasteiger partial charge in [-0.15, -0.1) is 0 Å². The predicted octanol–water partition coefficient (Wildman–Crippen LogP) is 4.04. The van der Waals surface area contributed by atoms with E-state index in [0.29, 0.717) is 22.8 Å². The number of hydrogen-bond donors (Lipinski definition) is 3. The molecule has 1 aliphatic rings. The zero-order chi connectivity index (χ0) is 20.9. The summed E-state index contributed by atoms with van der Waals surface area (Å²) >= 11 is 12.5. The number of anilines is 3. The lowest BCUT2D eigenvalue weighted by Gasteiger charge is -2.21. The quantitative estimate of drug-likeness (QED) is 0.507. The molecule has 1 atom stereocenters. The summed E-state index contributed by atoms with van der Waals surface area (Å²) in [6.07, 6.45) is 0.630. The maximum atomic E-state index is 12.3. The number of nitrogens with one attached hydrogen (secondary N) is 3. The Kier molecular flexibility index (Phi) is 4.88. The molecule has 0 aliphatic carbocycles. The summed E-state index contributed by atoms with van der Waals surface area (Å²) in [6, 6.07) is 4.87. The first kappa shape index (κ1) is 19.5. The lowest BCUT2D eigenvalue weighted by atomic mass is 10.1. The smallest absolute Gasteiger partial charge is 0.254 e. The van der Waals surface area contributed by atoms with E-state index in [0.717, 1.165) is 5.76 Å². The van der Waals surface area contributed by atoms with Crippen LogP contribution in [0.3, 0.4) is 0 Å². The predicted molar refractivity (Wildman–Crippen MR) is 112 cm³/mol. The normalized spacial score (nSPS) is 14.0. The van der Waals surface area contributed by atoms with E-state index >= 15 is 0 Å². The topological polar surface area (TPSA) is 100 Å². The van der Waals surface area contributed by atoms with Crippen LogP contribution in [0.25, 0.3) is 0 Å². The van der Waals surface area contributed by atoms with Gasteiger partial charge in [-0.05, 0) is 31.5 Å². The van der Waals surface area contributed by atoms with Crippen molar-refractivity contribution in [3.05, 3.63) is 71.3 Å². The summed E-state index contributed by atoms with van der Waals surface area (Å²) in [5, 5.41) is 9.18. The molecule has 4 rings (SSSR count). The van der Waals surface area contributed by atoms with Crippen molar-refractivity contribution in [2.45, 2.75) is 32.9 Å². The number of benzene rings is 1. The Morgan fingerprint density at radius 3 is 2.48 bits per heavy atom. The summed E-state index contributed by atoms with van der Waals surface area (Å²) in [5.41, 5.74) is -0.0175. The molecule has 0 radical (unpaired) electrons. The van der Waals surface area contributed by atoms with E-state index in [2.05, 4.69) is 16.0 Å². The van der Waals surface area contributed by atoms with E-state index in [1.807, 2.05) is 26.0 Å². The van der Waals surface area contributed by atoms with Crippen LogP contribution in [-0.4, -0.2) is 5.91 Å². The lowest BCUT2D eigenvalue weighted by Crippen LogP contribution is -2.37. The van der Waals surface area contributed by atoms with Crippen molar-refractivity contribution in [2.75, 3.05) is 10.6 Å². The van der Waals surface area contributed by atoms with Gasteiger partial charge in [-0.25, -0.2) is 0 Å². The number of halogens is 2. The van der Waals surface area contributed by atoms with Crippen molar-refractivity contribution in [1.82, 2.24) is 5.32 Å². The van der Waals surface area contributed by atoms with E-state index in [9.17, 15) is 14.4 Å². The molecule has 0 unspecified atom stereocenters. The number of hydrogen-bond acceptors (Lipinski definition) is 6. The molecule has 1 amide bonds. The molecule has 1 aromatic heterocycles. The Bertz CT molecular complexity index is 1210. The molecule has 2 heterocycles. The zero-order valence-electron chi connectivity index (χ0n) is 15.6. The Morgan fingerprint density at radius 2 is 1.83 bits per heavy atom. The van der Waals surface area contributed by atoms with Crippen LogP contribution in [0.2, 0.25) is 10.0 Å². The molecule has 3 aromatic rings. The van der Waals surface area contributed by atoms with Crippen LogP contribution in [0.15, 0.2) is 32.2 Å². The third-order valence-corrected chi connectivity index (χ3v) is 5.61. The zero-order valence-corrected chi connectivity index (χ0v) is 17.1. The van der Waals surface area contributed by atoms with Gasteiger partial charge < -0.3 is 20.4 Å². The van der Waals surface area contributed by atoms with Gasteiger partial charge in [-0.3, -0.25) is 14.4 Å². The fourth-order valence-corrected chi connectivity index (χ4v) is 4.00. The van der Waals surface area contributed by atoms with Crippen LogP contribution in [0.5, 0.6) is 0 Å². The fraction of sp³-hybridized carbons (Fsp3) is 0.250. The Balaban J connectivity index is 1.70. The van der Waals surface area contributed by atoms with Gasteiger partial charge in [-0.1, -0.05) is 30.1 Å². The molecule has 0 saturated heterocycles. The lowest BCUT2D eigenvalue weighted by molar-refractivity contribution is 0.0966. The van der Waals surface area contributed by atoms with Crippen molar-refractivity contribution < 1.29 is 9.21 Å². The van der Waals surface area contributed by atoms with E-state index in [4.69, 9.17) is 27.6 Å². The highest BCUT2D eigenvalue weighted by atomic mass is 35.5. The summed E-state index contributed by atoms with van der Waals surface area (Å²) in [5.74, 6) is 1.06. The summed E-state index contributed by atoms with van der Waals surface area (Å²) < 4.78 is 5.64. The molecule has 0 bridgehead atoms. The van der Waals surface area contributed by atoms with Gasteiger partial charge in [0.2, 0.25) is 0 Å². The van der Waals surface area contributed by atoms with E-state index in [-0.39, 0.29) is 46.1 Å². The standard InChI is InChI=1S/C20H17Cl2N3O4/c1-3-12(13-5-4-8(2)29-13)24-16-17(19(27)18(16)26)25-15-11(22)6-10(21)9-7-23-20(28)14(9)15/h4-6,12,24-25H,3,7H2,1-2H3,(H,23,28)/t12-/m1/s1. The molecule has 0 saturated carbocycles. The first-order chi connectivity index (χ1) is 13.8. The Labute approximate surface area is 175 Å². The number of aryl methyl sites for hydroxylation is 1. The minimum atomic E-state index is -0.684. The van der Waals surface area contributed by atoms with Gasteiger partial charge in [0.15, 0.2) is 0 Å². The van der Waals surface area contributed by atoms with Crippen LogP contribution in [0, 0.1) is 6.92 Å². The average Bonchev–Trinajstić information content (AvgIpc) is 3.29. The van der Waals surface area contributed by atoms with Gasteiger partial charge in [-0.2, -0.15) is 0 Å². The van der Waals surface area contributed by atoms with Crippen molar-refractivity contribution in [1.29, 1.82) is 0 Å². The van der Waals surface area contributed by atoms with Gasteiger partial charge in [0.05, 0.1) is 22.3 Å². The highest BCUT2D eigenvalue weighted by molar-refractivity contribution is 6.38. The second-order valence-corrected chi connectivity index (χ2v) is 7.65. The van der Waals surface area contributed by atoms with Gasteiger partial charge in [0.25, 0.3) is 16.8 Å². The first-order valence-electron chi connectivity index (χ1n) is 9.04. The number of furan rings is 1. The van der Waals surface area contributed by atoms with Crippen molar-refractivity contribution in [3.8, 4) is 0 Å². The Morgan fingerprint density at radius 1 is 1.10 bits per heavy atom. The Hall–Kier alpha value is -2.77. The second kappa shape index (κ2) is 7.24. The van der Waals surface area contributed by atoms with Crippen LogP contribution < -0.4 is 26.8 Å². The highest BCUT2D eigenvalue weighted by Crippen LogP contribution is 2.39. The molecule has 150 valence electrons. The maximum Gasteiger partial charge on any atom is 0.254 e. The number of rotatable bonds is 6.